The van der Waals surface area contributed by atoms with Crippen molar-refractivity contribution < 1.29 is 9.32 Å². The van der Waals surface area contributed by atoms with Gasteiger partial charge in [-0.05, 0) is 60.2 Å². The van der Waals surface area contributed by atoms with E-state index in [1.54, 1.807) is 13.0 Å². The number of nitrogens with zero attached hydrogens (tertiary/aromatic N) is 1. The van der Waals surface area contributed by atoms with Gasteiger partial charge in [-0.25, -0.2) is 0 Å². The second kappa shape index (κ2) is 6.74. The molecular formula is C14H16IN3O2. The zero-order chi connectivity index (χ0) is 14.5. The number of anilines is 2. The molecule has 2 aromatic rings. The van der Waals surface area contributed by atoms with Crippen LogP contribution in [0.15, 0.2) is 34.9 Å². The molecule has 0 aliphatic rings. The Morgan fingerprint density at radius 1 is 1.40 bits per heavy atom. The summed E-state index contributed by atoms with van der Waals surface area (Å²) in [7, 11) is 0. The molecule has 1 unspecified atom stereocenters. The van der Waals surface area contributed by atoms with E-state index in [1.165, 1.54) is 0 Å². The predicted molar refractivity (Wildman–Crippen MR) is 86.7 cm³/mol. The van der Waals surface area contributed by atoms with Crippen LogP contribution in [0.25, 0.3) is 0 Å². The standard InChI is InChI=1S/C14H16IN3O2/c1-3-12(16-11-6-4-10(15)5-7-11)14(19)17-13-8-9(2)20-18-13/h4-8,12,16H,3H2,1-2H3,(H,17,18,19). The summed E-state index contributed by atoms with van der Waals surface area (Å²) in [6.45, 7) is 3.74. The van der Waals surface area contributed by atoms with Crippen LogP contribution >= 0.6 is 22.6 Å². The Balaban J connectivity index is 2.00. The van der Waals surface area contributed by atoms with E-state index in [0.717, 1.165) is 9.26 Å². The number of halogens is 1. The van der Waals surface area contributed by atoms with Crippen LogP contribution in [0.4, 0.5) is 11.5 Å². The summed E-state index contributed by atoms with van der Waals surface area (Å²) in [6.07, 6.45) is 0.675. The molecule has 1 aromatic carbocycles. The molecule has 1 amide bonds. The molecule has 0 fully saturated rings. The molecule has 0 saturated heterocycles. The predicted octanol–water partition coefficient (Wildman–Crippen LogP) is 3.42. The number of aryl methyl sites for hydroxylation is 1. The molecule has 0 spiro atoms. The quantitative estimate of drug-likeness (QED) is 0.775. The number of hydrogen-bond donors (Lipinski definition) is 2. The number of benzene rings is 1. The Morgan fingerprint density at radius 3 is 2.65 bits per heavy atom. The van der Waals surface area contributed by atoms with Gasteiger partial charge in [0.25, 0.3) is 0 Å². The van der Waals surface area contributed by atoms with Gasteiger partial charge in [-0.3, -0.25) is 4.79 Å². The molecule has 0 aliphatic carbocycles. The van der Waals surface area contributed by atoms with Gasteiger partial charge < -0.3 is 15.2 Å². The van der Waals surface area contributed by atoms with E-state index in [-0.39, 0.29) is 11.9 Å². The lowest BCUT2D eigenvalue weighted by atomic mass is 10.2. The maximum absolute atomic E-state index is 12.2. The second-order valence-electron chi connectivity index (χ2n) is 4.42. The summed E-state index contributed by atoms with van der Waals surface area (Å²) in [5.74, 6) is 0.980. The highest BCUT2D eigenvalue weighted by atomic mass is 127. The Bertz CT molecular complexity index is 580. The lowest BCUT2D eigenvalue weighted by Crippen LogP contribution is -2.34. The normalized spacial score (nSPS) is 11.9. The molecule has 0 bridgehead atoms. The van der Waals surface area contributed by atoms with Crippen molar-refractivity contribution in [3.63, 3.8) is 0 Å². The van der Waals surface area contributed by atoms with E-state index in [9.17, 15) is 4.79 Å². The van der Waals surface area contributed by atoms with Crippen molar-refractivity contribution in [3.05, 3.63) is 39.7 Å². The van der Waals surface area contributed by atoms with Crippen LogP contribution in [0.2, 0.25) is 0 Å². The van der Waals surface area contributed by atoms with Crippen LogP contribution in [0, 0.1) is 10.5 Å². The third kappa shape index (κ3) is 3.96. The summed E-state index contributed by atoms with van der Waals surface area (Å²) in [6, 6.07) is 9.28. The number of rotatable bonds is 5. The van der Waals surface area contributed by atoms with Gasteiger partial charge in [0.1, 0.15) is 11.8 Å². The number of aromatic nitrogens is 1. The highest BCUT2D eigenvalue weighted by molar-refractivity contribution is 14.1. The molecule has 2 rings (SSSR count). The summed E-state index contributed by atoms with van der Waals surface area (Å²) < 4.78 is 6.08. The fourth-order valence-electron chi connectivity index (χ4n) is 1.74. The molecule has 0 radical (unpaired) electrons. The topological polar surface area (TPSA) is 67.2 Å². The fourth-order valence-corrected chi connectivity index (χ4v) is 2.10. The maximum atomic E-state index is 12.2. The Labute approximate surface area is 131 Å². The second-order valence-corrected chi connectivity index (χ2v) is 5.67. The number of hydrogen-bond acceptors (Lipinski definition) is 4. The number of nitrogens with one attached hydrogen (secondary N) is 2. The largest absolute Gasteiger partial charge is 0.374 e. The monoisotopic (exact) mass is 385 g/mol. The summed E-state index contributed by atoms with van der Waals surface area (Å²) in [5.41, 5.74) is 0.920. The number of carbonyl (C=O) groups excluding carboxylic acids is 1. The van der Waals surface area contributed by atoms with Gasteiger partial charge in [-0.2, -0.15) is 0 Å². The molecule has 0 aliphatic heterocycles. The lowest BCUT2D eigenvalue weighted by molar-refractivity contribution is -0.117. The molecule has 1 heterocycles. The minimum absolute atomic E-state index is 0.126. The first-order valence-corrected chi connectivity index (χ1v) is 7.42. The first-order valence-electron chi connectivity index (χ1n) is 6.34. The van der Waals surface area contributed by atoms with E-state index in [2.05, 4.69) is 38.4 Å². The molecule has 20 heavy (non-hydrogen) atoms. The molecule has 1 aromatic heterocycles. The molecule has 2 N–H and O–H groups in total. The number of carbonyl (C=O) groups is 1. The molecule has 5 nitrogen and oxygen atoms in total. The molecule has 106 valence electrons. The van der Waals surface area contributed by atoms with E-state index in [0.29, 0.717) is 18.0 Å². The zero-order valence-corrected chi connectivity index (χ0v) is 13.5. The van der Waals surface area contributed by atoms with E-state index >= 15 is 0 Å². The highest BCUT2D eigenvalue weighted by Crippen LogP contribution is 2.14. The fraction of sp³-hybridized carbons (Fsp3) is 0.286. The van der Waals surface area contributed by atoms with E-state index < -0.39 is 0 Å². The molecule has 6 heteroatoms. The summed E-state index contributed by atoms with van der Waals surface area (Å²) in [4.78, 5) is 12.2. The summed E-state index contributed by atoms with van der Waals surface area (Å²) >= 11 is 2.24. The van der Waals surface area contributed by atoms with Crippen LogP contribution in [-0.4, -0.2) is 17.1 Å². The van der Waals surface area contributed by atoms with Gasteiger partial charge in [0, 0.05) is 15.3 Å². The maximum Gasteiger partial charge on any atom is 0.248 e. The van der Waals surface area contributed by atoms with Gasteiger partial charge in [0.2, 0.25) is 5.91 Å². The van der Waals surface area contributed by atoms with Crippen LogP contribution < -0.4 is 10.6 Å². The van der Waals surface area contributed by atoms with Crippen molar-refractivity contribution >= 4 is 40.0 Å². The summed E-state index contributed by atoms with van der Waals surface area (Å²) in [5, 5.41) is 9.70. The third-order valence-electron chi connectivity index (χ3n) is 2.79. The molecule has 1 atom stereocenters. The van der Waals surface area contributed by atoms with E-state index in [1.807, 2.05) is 31.2 Å². The average Bonchev–Trinajstić information content (AvgIpc) is 2.83. The molecule has 0 saturated carbocycles. The van der Waals surface area contributed by atoms with E-state index in [4.69, 9.17) is 4.52 Å². The van der Waals surface area contributed by atoms with Crippen LogP contribution in [0.3, 0.4) is 0 Å². The Morgan fingerprint density at radius 2 is 2.10 bits per heavy atom. The van der Waals surface area contributed by atoms with Crippen molar-refractivity contribution in [1.82, 2.24) is 5.16 Å². The van der Waals surface area contributed by atoms with Crippen LogP contribution in [0.5, 0.6) is 0 Å². The van der Waals surface area contributed by atoms with Crippen molar-refractivity contribution in [2.24, 2.45) is 0 Å². The highest BCUT2D eigenvalue weighted by Gasteiger charge is 2.17. The van der Waals surface area contributed by atoms with Crippen LogP contribution in [0.1, 0.15) is 19.1 Å². The van der Waals surface area contributed by atoms with Gasteiger partial charge in [0.05, 0.1) is 0 Å². The lowest BCUT2D eigenvalue weighted by Gasteiger charge is -2.17. The van der Waals surface area contributed by atoms with Gasteiger partial charge in [0.15, 0.2) is 5.82 Å². The van der Waals surface area contributed by atoms with Crippen molar-refractivity contribution in [2.45, 2.75) is 26.3 Å². The smallest absolute Gasteiger partial charge is 0.248 e. The minimum atomic E-state index is -0.313. The molecular weight excluding hydrogens is 369 g/mol. The average molecular weight is 385 g/mol. The Hall–Kier alpha value is -1.57. The SMILES string of the molecule is CCC(Nc1ccc(I)cc1)C(=O)Nc1cc(C)on1. The van der Waals surface area contributed by atoms with Gasteiger partial charge >= 0.3 is 0 Å². The van der Waals surface area contributed by atoms with Gasteiger partial charge in [-0.1, -0.05) is 12.1 Å². The first kappa shape index (κ1) is 14.8. The zero-order valence-electron chi connectivity index (χ0n) is 11.3. The third-order valence-corrected chi connectivity index (χ3v) is 3.51. The van der Waals surface area contributed by atoms with Crippen molar-refractivity contribution in [2.75, 3.05) is 10.6 Å². The first-order chi connectivity index (χ1) is 9.58. The van der Waals surface area contributed by atoms with Gasteiger partial charge in [-0.15, -0.1) is 0 Å². The van der Waals surface area contributed by atoms with Crippen molar-refractivity contribution in [1.29, 1.82) is 0 Å². The number of amides is 1. The van der Waals surface area contributed by atoms with Crippen molar-refractivity contribution in [3.8, 4) is 0 Å². The van der Waals surface area contributed by atoms with Crippen LogP contribution in [-0.2, 0) is 4.79 Å². The minimum Gasteiger partial charge on any atom is -0.374 e. The Kier molecular flexibility index (Phi) is 4.99.